The minimum absolute atomic E-state index is 0.0444. The highest BCUT2D eigenvalue weighted by molar-refractivity contribution is 6.01. The lowest BCUT2D eigenvalue weighted by atomic mass is 9.85. The maximum atomic E-state index is 12.4. The number of likely N-dealkylation sites (tertiary alicyclic amines) is 1. The van der Waals surface area contributed by atoms with Crippen molar-refractivity contribution in [2.45, 2.75) is 18.4 Å². The Labute approximate surface area is 111 Å². The Balaban J connectivity index is 1.58. The largest absolute Gasteiger partial charge is 0.335 e. The number of nitrogens with two attached hydrogens (primary N) is 1. The second-order valence-corrected chi connectivity index (χ2v) is 5.76. The number of carbonyl (C=O) groups excluding carboxylic acids is 1. The lowest BCUT2D eigenvalue weighted by molar-refractivity contribution is 0.0352. The number of amides is 1. The van der Waals surface area contributed by atoms with Gasteiger partial charge in [-0.3, -0.25) is 4.79 Å². The first-order valence-corrected chi connectivity index (χ1v) is 6.68. The molecular weight excluding hydrogens is 240 g/mol. The van der Waals surface area contributed by atoms with Crippen LogP contribution in [0.5, 0.6) is 0 Å². The molecular formula is C14H16N4O. The molecule has 4 rings (SSSR count). The number of fused-ring (bicyclic) bond motifs is 1. The Morgan fingerprint density at radius 3 is 2.89 bits per heavy atom. The van der Waals surface area contributed by atoms with Gasteiger partial charge in [-0.1, -0.05) is 6.07 Å². The number of pyridine rings is 1. The molecule has 2 N–H and O–H groups in total. The van der Waals surface area contributed by atoms with E-state index in [4.69, 9.17) is 5.73 Å². The molecule has 1 aliphatic carbocycles. The number of rotatable bonds is 2. The quantitative estimate of drug-likeness (QED) is 0.868. The van der Waals surface area contributed by atoms with E-state index in [9.17, 15) is 4.79 Å². The number of carbonyl (C=O) groups is 1. The zero-order chi connectivity index (χ0) is 13.0. The molecule has 1 saturated heterocycles. The van der Waals surface area contributed by atoms with Gasteiger partial charge in [0.2, 0.25) is 0 Å². The van der Waals surface area contributed by atoms with Gasteiger partial charge in [-0.25, -0.2) is 4.52 Å². The Morgan fingerprint density at radius 2 is 2.16 bits per heavy atom. The zero-order valence-corrected chi connectivity index (χ0v) is 10.6. The topological polar surface area (TPSA) is 63.6 Å². The van der Waals surface area contributed by atoms with Gasteiger partial charge in [0.15, 0.2) is 0 Å². The summed E-state index contributed by atoms with van der Waals surface area (Å²) in [6.07, 6.45) is 5.93. The number of hydrogen-bond donors (Lipinski definition) is 1. The molecule has 2 aromatic heterocycles. The van der Waals surface area contributed by atoms with Crippen molar-refractivity contribution in [1.82, 2.24) is 14.5 Å². The molecule has 19 heavy (non-hydrogen) atoms. The van der Waals surface area contributed by atoms with E-state index in [2.05, 4.69) is 5.10 Å². The third-order valence-electron chi connectivity index (χ3n) is 4.30. The van der Waals surface area contributed by atoms with Crippen molar-refractivity contribution in [2.24, 2.45) is 11.7 Å². The summed E-state index contributed by atoms with van der Waals surface area (Å²) in [5.74, 6) is 0.670. The van der Waals surface area contributed by atoms with Crippen molar-refractivity contribution in [3.05, 3.63) is 36.2 Å². The van der Waals surface area contributed by atoms with Crippen LogP contribution in [0.25, 0.3) is 5.52 Å². The molecule has 1 amide bonds. The van der Waals surface area contributed by atoms with Gasteiger partial charge in [0.05, 0.1) is 22.8 Å². The highest BCUT2D eigenvalue weighted by atomic mass is 16.2. The molecule has 2 aliphatic rings. The van der Waals surface area contributed by atoms with E-state index < -0.39 is 0 Å². The standard InChI is InChI=1S/C14H16N4O/c15-14(10-4-5-10)8-17(9-14)13(19)11-7-16-18-6-2-1-3-12(11)18/h1-3,6-7,10H,4-5,8-9,15H2. The zero-order valence-electron chi connectivity index (χ0n) is 10.6. The van der Waals surface area contributed by atoms with Crippen LogP contribution in [0.1, 0.15) is 23.2 Å². The van der Waals surface area contributed by atoms with Gasteiger partial charge in [0.1, 0.15) is 0 Å². The molecule has 0 atom stereocenters. The molecule has 2 aromatic rings. The first-order chi connectivity index (χ1) is 9.17. The van der Waals surface area contributed by atoms with Crippen LogP contribution in [0.4, 0.5) is 0 Å². The second-order valence-electron chi connectivity index (χ2n) is 5.76. The first kappa shape index (κ1) is 11.0. The summed E-state index contributed by atoms with van der Waals surface area (Å²) in [6, 6.07) is 5.73. The Hall–Kier alpha value is -1.88. The summed E-state index contributed by atoms with van der Waals surface area (Å²) in [4.78, 5) is 14.3. The fourth-order valence-corrected chi connectivity index (χ4v) is 2.99. The third kappa shape index (κ3) is 1.58. The molecule has 0 aromatic carbocycles. The van der Waals surface area contributed by atoms with Gasteiger partial charge in [-0.2, -0.15) is 5.10 Å². The van der Waals surface area contributed by atoms with Gasteiger partial charge in [-0.05, 0) is 30.9 Å². The Kier molecular flexibility index (Phi) is 2.07. The molecule has 98 valence electrons. The highest BCUT2D eigenvalue weighted by Gasteiger charge is 2.51. The maximum Gasteiger partial charge on any atom is 0.257 e. The lowest BCUT2D eigenvalue weighted by Crippen LogP contribution is -2.69. The van der Waals surface area contributed by atoms with E-state index in [1.54, 1.807) is 10.7 Å². The van der Waals surface area contributed by atoms with E-state index in [0.717, 1.165) is 5.52 Å². The fraction of sp³-hybridized carbons (Fsp3) is 0.429. The molecule has 3 heterocycles. The summed E-state index contributed by atoms with van der Waals surface area (Å²) in [7, 11) is 0. The summed E-state index contributed by atoms with van der Waals surface area (Å²) in [6.45, 7) is 1.36. The van der Waals surface area contributed by atoms with Crippen LogP contribution in [0.15, 0.2) is 30.6 Å². The van der Waals surface area contributed by atoms with Crippen molar-refractivity contribution >= 4 is 11.4 Å². The third-order valence-corrected chi connectivity index (χ3v) is 4.30. The van der Waals surface area contributed by atoms with E-state index >= 15 is 0 Å². The predicted molar refractivity (Wildman–Crippen MR) is 70.7 cm³/mol. The number of aromatic nitrogens is 2. The van der Waals surface area contributed by atoms with Gasteiger partial charge in [0.25, 0.3) is 5.91 Å². The van der Waals surface area contributed by atoms with Crippen LogP contribution in [-0.2, 0) is 0 Å². The van der Waals surface area contributed by atoms with Crippen LogP contribution in [-0.4, -0.2) is 39.0 Å². The molecule has 0 spiro atoms. The Morgan fingerprint density at radius 1 is 1.37 bits per heavy atom. The van der Waals surface area contributed by atoms with Crippen molar-refractivity contribution < 1.29 is 4.79 Å². The van der Waals surface area contributed by atoms with Gasteiger partial charge in [0, 0.05) is 19.3 Å². The van der Waals surface area contributed by atoms with Crippen LogP contribution in [0, 0.1) is 5.92 Å². The molecule has 0 bridgehead atoms. The molecule has 2 fully saturated rings. The lowest BCUT2D eigenvalue weighted by Gasteiger charge is -2.48. The monoisotopic (exact) mass is 256 g/mol. The van der Waals surface area contributed by atoms with E-state index in [-0.39, 0.29) is 11.4 Å². The van der Waals surface area contributed by atoms with Crippen LogP contribution in [0.2, 0.25) is 0 Å². The summed E-state index contributed by atoms with van der Waals surface area (Å²) in [5.41, 5.74) is 7.68. The van der Waals surface area contributed by atoms with Crippen molar-refractivity contribution in [1.29, 1.82) is 0 Å². The highest BCUT2D eigenvalue weighted by Crippen LogP contribution is 2.43. The summed E-state index contributed by atoms with van der Waals surface area (Å²) >= 11 is 0. The first-order valence-electron chi connectivity index (χ1n) is 6.68. The number of hydrogen-bond acceptors (Lipinski definition) is 3. The minimum Gasteiger partial charge on any atom is -0.335 e. The van der Waals surface area contributed by atoms with Gasteiger partial charge in [-0.15, -0.1) is 0 Å². The second kappa shape index (κ2) is 3.57. The van der Waals surface area contributed by atoms with Crippen LogP contribution >= 0.6 is 0 Å². The summed E-state index contributed by atoms with van der Waals surface area (Å²) < 4.78 is 1.73. The average molecular weight is 256 g/mol. The molecule has 0 radical (unpaired) electrons. The minimum atomic E-state index is -0.126. The fourth-order valence-electron chi connectivity index (χ4n) is 2.99. The molecule has 5 nitrogen and oxygen atoms in total. The number of nitrogens with zero attached hydrogens (tertiary/aromatic N) is 3. The van der Waals surface area contributed by atoms with E-state index in [0.29, 0.717) is 24.6 Å². The van der Waals surface area contributed by atoms with E-state index in [1.807, 2.05) is 29.3 Å². The van der Waals surface area contributed by atoms with Crippen molar-refractivity contribution in [2.75, 3.05) is 13.1 Å². The van der Waals surface area contributed by atoms with Gasteiger partial charge < -0.3 is 10.6 Å². The SMILES string of the molecule is NC1(C2CC2)CN(C(=O)c2cnn3ccccc23)C1. The smallest absolute Gasteiger partial charge is 0.257 e. The normalized spacial score (nSPS) is 21.4. The molecule has 5 heteroatoms. The van der Waals surface area contributed by atoms with Crippen molar-refractivity contribution in [3.8, 4) is 0 Å². The maximum absolute atomic E-state index is 12.4. The molecule has 1 aliphatic heterocycles. The van der Waals surface area contributed by atoms with Crippen LogP contribution in [0.3, 0.4) is 0 Å². The van der Waals surface area contributed by atoms with Gasteiger partial charge >= 0.3 is 0 Å². The summed E-state index contributed by atoms with van der Waals surface area (Å²) in [5, 5.41) is 4.20. The van der Waals surface area contributed by atoms with Crippen molar-refractivity contribution in [3.63, 3.8) is 0 Å². The van der Waals surface area contributed by atoms with E-state index in [1.165, 1.54) is 12.8 Å². The average Bonchev–Trinajstić information content (AvgIpc) is 3.14. The molecule has 1 saturated carbocycles. The molecule has 0 unspecified atom stereocenters. The predicted octanol–water partition coefficient (Wildman–Crippen LogP) is 0.898. The Bertz CT molecular complexity index is 652. The van der Waals surface area contributed by atoms with Crippen LogP contribution < -0.4 is 5.73 Å².